The van der Waals surface area contributed by atoms with Crippen LogP contribution in [0.1, 0.15) is 25.0 Å². The van der Waals surface area contributed by atoms with Crippen molar-refractivity contribution in [3.8, 4) is 0 Å². The number of sulfonamides is 1. The van der Waals surface area contributed by atoms with Gasteiger partial charge < -0.3 is 5.73 Å². The van der Waals surface area contributed by atoms with Gasteiger partial charge in [-0.3, -0.25) is 0 Å². The third-order valence-corrected chi connectivity index (χ3v) is 6.92. The highest BCUT2D eigenvalue weighted by Gasteiger charge is 2.35. The molecule has 0 aliphatic carbocycles. The first-order chi connectivity index (χ1) is 9.13. The van der Waals surface area contributed by atoms with Crippen molar-refractivity contribution in [2.75, 3.05) is 24.6 Å². The first-order valence-electron chi connectivity index (χ1n) is 6.64. The van der Waals surface area contributed by atoms with Gasteiger partial charge in [0.1, 0.15) is 0 Å². The van der Waals surface area contributed by atoms with Crippen molar-refractivity contribution in [1.29, 1.82) is 0 Å². The Balaban J connectivity index is 2.46. The predicted molar refractivity (Wildman–Crippen MR) is 85.6 cm³/mol. The number of nitrogen functional groups attached to an aromatic ring is 1. The van der Waals surface area contributed by atoms with Crippen molar-refractivity contribution in [2.45, 2.75) is 37.3 Å². The average molecular weight is 314 g/mol. The lowest BCUT2D eigenvalue weighted by atomic mass is 10.1. The van der Waals surface area contributed by atoms with Gasteiger partial charge in [-0.2, -0.15) is 16.1 Å². The number of nitrogens with two attached hydrogens (primary N) is 1. The van der Waals surface area contributed by atoms with Crippen LogP contribution in [-0.4, -0.2) is 36.3 Å². The third kappa shape index (κ3) is 2.97. The standard InChI is InChI=1S/C14H22N2O2S2/c1-10-7-12(15)8-11(2)13(10)20(17,18)16-5-6-19-14(3,4)9-16/h7-8H,5-6,9,15H2,1-4H3. The van der Waals surface area contributed by atoms with Gasteiger partial charge in [0, 0.05) is 29.3 Å². The highest BCUT2D eigenvalue weighted by atomic mass is 32.2. The number of hydrogen-bond acceptors (Lipinski definition) is 4. The zero-order chi connectivity index (χ0) is 15.1. The van der Waals surface area contributed by atoms with Crippen LogP contribution in [0.25, 0.3) is 0 Å². The molecule has 0 bridgehead atoms. The molecule has 4 nitrogen and oxygen atoms in total. The Labute approximate surface area is 125 Å². The SMILES string of the molecule is Cc1cc(N)cc(C)c1S(=O)(=O)N1CCSC(C)(C)C1. The number of thioether (sulfide) groups is 1. The lowest BCUT2D eigenvalue weighted by Crippen LogP contribution is -2.46. The largest absolute Gasteiger partial charge is 0.399 e. The summed E-state index contributed by atoms with van der Waals surface area (Å²) in [6.07, 6.45) is 0. The summed E-state index contributed by atoms with van der Waals surface area (Å²) in [5.41, 5.74) is 7.83. The summed E-state index contributed by atoms with van der Waals surface area (Å²) in [6.45, 7) is 8.90. The molecule has 0 amide bonds. The van der Waals surface area contributed by atoms with Crippen LogP contribution in [0.5, 0.6) is 0 Å². The summed E-state index contributed by atoms with van der Waals surface area (Å²) in [6, 6.07) is 3.45. The van der Waals surface area contributed by atoms with E-state index < -0.39 is 10.0 Å². The van der Waals surface area contributed by atoms with Crippen molar-refractivity contribution in [2.24, 2.45) is 0 Å². The summed E-state index contributed by atoms with van der Waals surface area (Å²) in [7, 11) is -3.45. The molecule has 1 aromatic carbocycles. The molecule has 2 N–H and O–H groups in total. The molecule has 0 spiro atoms. The molecule has 1 heterocycles. The van der Waals surface area contributed by atoms with Crippen LogP contribution < -0.4 is 5.73 Å². The van der Waals surface area contributed by atoms with Gasteiger partial charge in [-0.1, -0.05) is 0 Å². The quantitative estimate of drug-likeness (QED) is 0.852. The molecule has 0 radical (unpaired) electrons. The van der Waals surface area contributed by atoms with Crippen LogP contribution in [0.15, 0.2) is 17.0 Å². The van der Waals surface area contributed by atoms with Gasteiger partial charge in [-0.05, 0) is 51.0 Å². The molecule has 1 aliphatic rings. The maximum atomic E-state index is 12.9. The Bertz CT molecular complexity index is 601. The topological polar surface area (TPSA) is 63.4 Å². The number of aryl methyl sites for hydroxylation is 2. The molecule has 2 rings (SSSR count). The molecule has 112 valence electrons. The number of anilines is 1. The second-order valence-corrected chi connectivity index (χ2v) is 9.61. The first-order valence-corrected chi connectivity index (χ1v) is 9.07. The summed E-state index contributed by atoms with van der Waals surface area (Å²) in [5, 5.41) is 0. The number of rotatable bonds is 2. The maximum absolute atomic E-state index is 12.9. The fourth-order valence-corrected chi connectivity index (χ4v) is 6.02. The van der Waals surface area contributed by atoms with Crippen molar-refractivity contribution < 1.29 is 8.42 Å². The second-order valence-electron chi connectivity index (χ2n) is 5.93. The van der Waals surface area contributed by atoms with Gasteiger partial charge in [0.15, 0.2) is 0 Å². The van der Waals surface area contributed by atoms with Crippen molar-refractivity contribution in [3.05, 3.63) is 23.3 Å². The summed E-state index contributed by atoms with van der Waals surface area (Å²) >= 11 is 1.82. The van der Waals surface area contributed by atoms with E-state index in [9.17, 15) is 8.42 Å². The molecule has 6 heteroatoms. The fraction of sp³-hybridized carbons (Fsp3) is 0.571. The fourth-order valence-electron chi connectivity index (χ4n) is 2.70. The van der Waals surface area contributed by atoms with E-state index in [1.54, 1.807) is 30.3 Å². The Hall–Kier alpha value is -0.720. The lowest BCUT2D eigenvalue weighted by molar-refractivity contribution is 0.387. The predicted octanol–water partition coefficient (Wildman–Crippen LogP) is 2.40. The first kappa shape index (κ1) is 15.7. The van der Waals surface area contributed by atoms with E-state index in [0.29, 0.717) is 23.7 Å². The van der Waals surface area contributed by atoms with E-state index in [0.717, 1.165) is 16.9 Å². The Morgan fingerprint density at radius 1 is 1.25 bits per heavy atom. The molecule has 0 saturated carbocycles. The maximum Gasteiger partial charge on any atom is 0.243 e. The van der Waals surface area contributed by atoms with Gasteiger partial charge in [0.2, 0.25) is 10.0 Å². The number of hydrogen-bond donors (Lipinski definition) is 1. The van der Waals surface area contributed by atoms with Crippen LogP contribution in [0.3, 0.4) is 0 Å². The summed E-state index contributed by atoms with van der Waals surface area (Å²) in [5.74, 6) is 0.833. The van der Waals surface area contributed by atoms with Crippen molar-refractivity contribution in [1.82, 2.24) is 4.31 Å². The number of nitrogens with zero attached hydrogens (tertiary/aromatic N) is 1. The Morgan fingerprint density at radius 2 is 1.80 bits per heavy atom. The lowest BCUT2D eigenvalue weighted by Gasteiger charge is -2.37. The van der Waals surface area contributed by atoms with Gasteiger partial charge in [-0.25, -0.2) is 8.42 Å². The van der Waals surface area contributed by atoms with Gasteiger partial charge in [0.05, 0.1) is 4.90 Å². The summed E-state index contributed by atoms with van der Waals surface area (Å²) < 4.78 is 27.4. The molecule has 1 saturated heterocycles. The minimum absolute atomic E-state index is 0.0407. The second kappa shape index (κ2) is 5.24. The highest BCUT2D eigenvalue weighted by molar-refractivity contribution is 8.00. The van der Waals surface area contributed by atoms with Crippen LogP contribution in [0.4, 0.5) is 5.69 Å². The number of benzene rings is 1. The summed E-state index contributed by atoms with van der Waals surface area (Å²) in [4.78, 5) is 0.411. The van der Waals surface area contributed by atoms with Crippen LogP contribution in [0, 0.1) is 13.8 Å². The van der Waals surface area contributed by atoms with Crippen LogP contribution >= 0.6 is 11.8 Å². The van der Waals surface area contributed by atoms with E-state index in [2.05, 4.69) is 13.8 Å². The van der Waals surface area contributed by atoms with Crippen LogP contribution in [0.2, 0.25) is 0 Å². The zero-order valence-electron chi connectivity index (χ0n) is 12.4. The monoisotopic (exact) mass is 314 g/mol. The molecular weight excluding hydrogens is 292 g/mol. The smallest absolute Gasteiger partial charge is 0.243 e. The minimum atomic E-state index is -3.45. The van der Waals surface area contributed by atoms with Gasteiger partial charge in [-0.15, -0.1) is 0 Å². The van der Waals surface area contributed by atoms with E-state index in [4.69, 9.17) is 5.73 Å². The molecule has 1 fully saturated rings. The minimum Gasteiger partial charge on any atom is -0.399 e. The van der Waals surface area contributed by atoms with Crippen molar-refractivity contribution in [3.63, 3.8) is 0 Å². The molecule has 1 aliphatic heterocycles. The molecule has 0 aromatic heterocycles. The van der Waals surface area contributed by atoms with E-state index in [-0.39, 0.29) is 4.75 Å². The molecule has 1 aromatic rings. The van der Waals surface area contributed by atoms with E-state index in [1.807, 2.05) is 11.8 Å². The molecule has 20 heavy (non-hydrogen) atoms. The highest BCUT2D eigenvalue weighted by Crippen LogP contribution is 2.34. The van der Waals surface area contributed by atoms with Gasteiger partial charge >= 0.3 is 0 Å². The molecule has 0 unspecified atom stereocenters. The van der Waals surface area contributed by atoms with E-state index in [1.165, 1.54) is 0 Å². The zero-order valence-corrected chi connectivity index (χ0v) is 14.1. The van der Waals surface area contributed by atoms with E-state index >= 15 is 0 Å². The van der Waals surface area contributed by atoms with Gasteiger partial charge in [0.25, 0.3) is 0 Å². The normalized spacial score (nSPS) is 20.0. The molecular formula is C14H22N2O2S2. The molecule has 0 atom stereocenters. The third-order valence-electron chi connectivity index (χ3n) is 3.47. The average Bonchev–Trinajstić information content (AvgIpc) is 2.25. The Morgan fingerprint density at radius 3 is 2.30 bits per heavy atom. The Kier molecular flexibility index (Phi) is 4.10. The van der Waals surface area contributed by atoms with Crippen molar-refractivity contribution >= 4 is 27.5 Å². The van der Waals surface area contributed by atoms with Crippen LogP contribution in [-0.2, 0) is 10.0 Å².